The van der Waals surface area contributed by atoms with Gasteiger partial charge in [-0.05, 0) is 22.9 Å². The molecule has 1 aromatic carbocycles. The van der Waals surface area contributed by atoms with E-state index >= 15 is 0 Å². The summed E-state index contributed by atoms with van der Waals surface area (Å²) in [5.74, 6) is 0.745. The predicted molar refractivity (Wildman–Crippen MR) is 59.9 cm³/mol. The lowest BCUT2D eigenvalue weighted by Gasteiger charge is -2.01. The van der Waals surface area contributed by atoms with Crippen molar-refractivity contribution >= 4 is 5.78 Å². The third-order valence-corrected chi connectivity index (χ3v) is 2.25. The highest BCUT2D eigenvalue weighted by Crippen LogP contribution is 2.11. The molecule has 1 aromatic heterocycles. The summed E-state index contributed by atoms with van der Waals surface area (Å²) in [6.45, 7) is 1.89. The smallest absolute Gasteiger partial charge is 0.240 e. The van der Waals surface area contributed by atoms with E-state index in [2.05, 4.69) is 15.4 Å². The Kier molecular flexibility index (Phi) is 3.13. The number of rotatable bonds is 4. The van der Waals surface area contributed by atoms with Gasteiger partial charge in [-0.1, -0.05) is 12.1 Å². The molecule has 0 fully saturated rings. The summed E-state index contributed by atoms with van der Waals surface area (Å²) in [5, 5.41) is 11.4. The van der Waals surface area contributed by atoms with Gasteiger partial charge in [0.1, 0.15) is 5.75 Å². The van der Waals surface area contributed by atoms with Crippen LogP contribution in [0.25, 0.3) is 0 Å². The van der Waals surface area contributed by atoms with Crippen LogP contribution in [0.3, 0.4) is 0 Å². The van der Waals surface area contributed by atoms with E-state index in [4.69, 9.17) is 4.74 Å². The molecule has 0 amide bonds. The molecule has 6 nitrogen and oxygen atoms in total. The zero-order valence-corrected chi connectivity index (χ0v) is 9.62. The van der Waals surface area contributed by atoms with Crippen molar-refractivity contribution in [2.45, 2.75) is 13.5 Å². The van der Waals surface area contributed by atoms with Gasteiger partial charge in [-0.15, -0.1) is 10.2 Å². The third kappa shape index (κ3) is 2.66. The van der Waals surface area contributed by atoms with Crippen molar-refractivity contribution in [2.24, 2.45) is 0 Å². The van der Waals surface area contributed by atoms with Gasteiger partial charge in [0.15, 0.2) is 0 Å². The summed E-state index contributed by atoms with van der Waals surface area (Å²) in [5.41, 5.74) is 1.01. The van der Waals surface area contributed by atoms with Crippen LogP contribution in [0.15, 0.2) is 24.3 Å². The van der Waals surface area contributed by atoms with Gasteiger partial charge in [0, 0.05) is 6.92 Å². The van der Waals surface area contributed by atoms with Gasteiger partial charge in [0.25, 0.3) is 0 Å². The van der Waals surface area contributed by atoms with Crippen LogP contribution in [0.2, 0.25) is 0 Å². The van der Waals surface area contributed by atoms with Crippen molar-refractivity contribution in [1.29, 1.82) is 0 Å². The number of Topliss-reactive ketones (excluding diaryl/α,β-unsaturated/α-hetero) is 1. The predicted octanol–water partition coefficient (Wildman–Crippen LogP) is 0.933. The van der Waals surface area contributed by atoms with E-state index in [-0.39, 0.29) is 11.6 Å². The summed E-state index contributed by atoms with van der Waals surface area (Å²) in [4.78, 5) is 12.4. The molecule has 0 aliphatic rings. The largest absolute Gasteiger partial charge is 0.497 e. The summed E-state index contributed by atoms with van der Waals surface area (Å²) < 4.78 is 5.06. The number of carbonyl (C=O) groups excluding carboxylic acids is 1. The Labute approximate surface area is 98.2 Å². The second-order valence-corrected chi connectivity index (χ2v) is 3.55. The highest BCUT2D eigenvalue weighted by Gasteiger charge is 2.07. The highest BCUT2D eigenvalue weighted by molar-refractivity contribution is 5.89. The molecule has 17 heavy (non-hydrogen) atoms. The van der Waals surface area contributed by atoms with Crippen LogP contribution in [-0.2, 0) is 6.54 Å². The number of ether oxygens (including phenoxy) is 1. The first-order chi connectivity index (χ1) is 8.19. The van der Waals surface area contributed by atoms with Crippen LogP contribution in [0.5, 0.6) is 5.75 Å². The Morgan fingerprint density at radius 2 is 2.06 bits per heavy atom. The Hall–Kier alpha value is -2.24. The van der Waals surface area contributed by atoms with E-state index in [9.17, 15) is 4.79 Å². The average Bonchev–Trinajstić information content (AvgIpc) is 2.79. The summed E-state index contributed by atoms with van der Waals surface area (Å²) in [6, 6.07) is 7.54. The summed E-state index contributed by atoms with van der Waals surface area (Å²) in [7, 11) is 1.62. The lowest BCUT2D eigenvalue weighted by molar-refractivity contribution is 0.100. The van der Waals surface area contributed by atoms with Crippen LogP contribution < -0.4 is 4.74 Å². The van der Waals surface area contributed by atoms with Gasteiger partial charge in [0.2, 0.25) is 11.6 Å². The summed E-state index contributed by atoms with van der Waals surface area (Å²) in [6.07, 6.45) is 0. The van der Waals surface area contributed by atoms with E-state index in [1.807, 2.05) is 24.3 Å². The number of tetrazole rings is 1. The summed E-state index contributed by atoms with van der Waals surface area (Å²) >= 11 is 0. The Balaban J connectivity index is 2.11. The molecular formula is C11H12N4O2. The first kappa shape index (κ1) is 11.3. The maximum atomic E-state index is 11.0. The van der Waals surface area contributed by atoms with Crippen LogP contribution in [-0.4, -0.2) is 33.1 Å². The van der Waals surface area contributed by atoms with Crippen molar-refractivity contribution in [3.8, 4) is 5.75 Å². The van der Waals surface area contributed by atoms with Crippen LogP contribution >= 0.6 is 0 Å². The fraction of sp³-hybridized carbons (Fsp3) is 0.273. The molecule has 0 unspecified atom stereocenters. The first-order valence-electron chi connectivity index (χ1n) is 5.10. The van der Waals surface area contributed by atoms with Gasteiger partial charge >= 0.3 is 0 Å². The first-order valence-corrected chi connectivity index (χ1v) is 5.10. The second-order valence-electron chi connectivity index (χ2n) is 3.55. The zero-order chi connectivity index (χ0) is 12.3. The second kappa shape index (κ2) is 4.73. The Morgan fingerprint density at radius 1 is 1.35 bits per heavy atom. The number of hydrogen-bond acceptors (Lipinski definition) is 5. The van der Waals surface area contributed by atoms with Crippen molar-refractivity contribution in [3.05, 3.63) is 35.7 Å². The molecule has 88 valence electrons. The van der Waals surface area contributed by atoms with E-state index in [1.54, 1.807) is 7.11 Å². The van der Waals surface area contributed by atoms with E-state index in [0.717, 1.165) is 11.3 Å². The quantitative estimate of drug-likeness (QED) is 0.733. The number of aromatic nitrogens is 4. The lowest BCUT2D eigenvalue weighted by Crippen LogP contribution is -2.05. The molecule has 0 spiro atoms. The van der Waals surface area contributed by atoms with Gasteiger partial charge in [0.05, 0.1) is 13.7 Å². The Morgan fingerprint density at radius 3 is 2.59 bits per heavy atom. The van der Waals surface area contributed by atoms with Crippen molar-refractivity contribution in [2.75, 3.05) is 7.11 Å². The molecule has 0 saturated carbocycles. The SMILES string of the molecule is COc1ccc(Cn2nnc(C(C)=O)n2)cc1. The molecule has 2 aromatic rings. The molecule has 0 saturated heterocycles. The monoisotopic (exact) mass is 232 g/mol. The van der Waals surface area contributed by atoms with Crippen molar-refractivity contribution in [1.82, 2.24) is 20.2 Å². The zero-order valence-electron chi connectivity index (χ0n) is 9.62. The Bertz CT molecular complexity index is 519. The number of benzene rings is 1. The van der Waals surface area contributed by atoms with Crippen LogP contribution in [0.1, 0.15) is 23.1 Å². The number of methoxy groups -OCH3 is 1. The molecular weight excluding hydrogens is 220 g/mol. The maximum Gasteiger partial charge on any atom is 0.240 e. The highest BCUT2D eigenvalue weighted by atomic mass is 16.5. The molecule has 0 aliphatic heterocycles. The fourth-order valence-corrected chi connectivity index (χ4v) is 1.35. The minimum Gasteiger partial charge on any atom is -0.497 e. The standard InChI is InChI=1S/C11H12N4O2/c1-8(16)11-12-14-15(13-11)7-9-3-5-10(17-2)6-4-9/h3-6H,7H2,1-2H3. The molecule has 0 bridgehead atoms. The molecule has 0 atom stereocenters. The minimum atomic E-state index is -0.189. The molecule has 6 heteroatoms. The van der Waals surface area contributed by atoms with Crippen molar-refractivity contribution < 1.29 is 9.53 Å². The van der Waals surface area contributed by atoms with E-state index < -0.39 is 0 Å². The maximum absolute atomic E-state index is 11.0. The molecule has 2 rings (SSSR count). The molecule has 0 N–H and O–H groups in total. The van der Waals surface area contributed by atoms with Gasteiger partial charge in [-0.3, -0.25) is 4.79 Å². The number of hydrogen-bond donors (Lipinski definition) is 0. The average molecular weight is 232 g/mol. The number of nitrogens with zero attached hydrogens (tertiary/aromatic N) is 4. The lowest BCUT2D eigenvalue weighted by atomic mass is 10.2. The van der Waals surface area contributed by atoms with Crippen molar-refractivity contribution in [3.63, 3.8) is 0 Å². The number of ketones is 1. The molecule has 1 heterocycles. The van der Waals surface area contributed by atoms with E-state index in [1.165, 1.54) is 11.7 Å². The topological polar surface area (TPSA) is 69.9 Å². The molecule has 0 radical (unpaired) electrons. The minimum absolute atomic E-state index is 0.138. The fourth-order valence-electron chi connectivity index (χ4n) is 1.35. The van der Waals surface area contributed by atoms with E-state index in [0.29, 0.717) is 6.54 Å². The normalized spacial score (nSPS) is 10.2. The van der Waals surface area contributed by atoms with Crippen LogP contribution in [0.4, 0.5) is 0 Å². The van der Waals surface area contributed by atoms with Gasteiger partial charge in [-0.25, -0.2) is 0 Å². The van der Waals surface area contributed by atoms with Crippen LogP contribution in [0, 0.1) is 0 Å². The van der Waals surface area contributed by atoms with Gasteiger partial charge in [-0.2, -0.15) is 4.80 Å². The third-order valence-electron chi connectivity index (χ3n) is 2.25. The van der Waals surface area contributed by atoms with Gasteiger partial charge < -0.3 is 4.74 Å². The number of carbonyl (C=O) groups is 1. The molecule has 0 aliphatic carbocycles.